The molecule has 0 radical (unpaired) electrons. The second kappa shape index (κ2) is 35.2. The van der Waals surface area contributed by atoms with Gasteiger partial charge in [-0.2, -0.15) is 8.42 Å². The van der Waals surface area contributed by atoms with Gasteiger partial charge in [0.15, 0.2) is 0 Å². The molecular formula is C46H86O3S. The largest absolute Gasteiger partial charge is 0.297 e. The van der Waals surface area contributed by atoms with Gasteiger partial charge in [-0.25, -0.2) is 0 Å². The minimum Gasteiger partial charge on any atom is -0.266 e. The summed E-state index contributed by atoms with van der Waals surface area (Å²) in [7, 11) is -3.75. The lowest BCUT2D eigenvalue weighted by atomic mass is 9.96. The maximum atomic E-state index is 13.5. The standard InChI is InChI=1S/C46H86O3S/c1-4-7-10-13-16-19-22-23-24-25-28-31-34-37-43-49-50(47,48)46-42-38-40-44(39-35-32-29-26-20-17-14-11-8-5-2)45(46)41-36-33-30-27-21-18-15-12-9-6-3/h38,40,42H,4-37,39,41,43H2,1-3H3. The van der Waals surface area contributed by atoms with Crippen molar-refractivity contribution in [2.45, 2.75) is 257 Å². The summed E-state index contributed by atoms with van der Waals surface area (Å²) in [5.74, 6) is 0. The number of hydrogen-bond acceptors (Lipinski definition) is 3. The van der Waals surface area contributed by atoms with Crippen molar-refractivity contribution in [2.24, 2.45) is 0 Å². The second-order valence-corrected chi connectivity index (χ2v) is 17.2. The summed E-state index contributed by atoms with van der Waals surface area (Å²) in [5.41, 5.74) is 2.28. The van der Waals surface area contributed by atoms with E-state index in [9.17, 15) is 8.42 Å². The molecule has 1 aromatic rings. The van der Waals surface area contributed by atoms with Gasteiger partial charge in [0.25, 0.3) is 10.1 Å². The molecule has 0 saturated carbocycles. The molecule has 0 fully saturated rings. The Labute approximate surface area is 314 Å². The van der Waals surface area contributed by atoms with E-state index in [0.29, 0.717) is 11.5 Å². The van der Waals surface area contributed by atoms with E-state index in [-0.39, 0.29) is 0 Å². The summed E-state index contributed by atoms with van der Waals surface area (Å²) in [4.78, 5) is 0.448. The van der Waals surface area contributed by atoms with E-state index in [1.807, 2.05) is 12.1 Å². The molecule has 0 aliphatic rings. The van der Waals surface area contributed by atoms with Gasteiger partial charge in [0.2, 0.25) is 0 Å². The van der Waals surface area contributed by atoms with E-state index < -0.39 is 10.1 Å². The van der Waals surface area contributed by atoms with Crippen molar-refractivity contribution in [3.8, 4) is 0 Å². The third-order valence-corrected chi connectivity index (χ3v) is 12.2. The van der Waals surface area contributed by atoms with Gasteiger partial charge in [-0.05, 0) is 49.3 Å². The smallest absolute Gasteiger partial charge is 0.266 e. The highest BCUT2D eigenvalue weighted by atomic mass is 32.2. The molecule has 0 aliphatic heterocycles. The molecule has 0 spiro atoms. The maximum Gasteiger partial charge on any atom is 0.297 e. The van der Waals surface area contributed by atoms with E-state index in [2.05, 4.69) is 26.8 Å². The molecule has 0 aliphatic carbocycles. The Morgan fingerprint density at radius 3 is 1.10 bits per heavy atom. The number of aryl methyl sites for hydroxylation is 1. The van der Waals surface area contributed by atoms with Crippen LogP contribution >= 0.6 is 0 Å². The van der Waals surface area contributed by atoms with Crippen molar-refractivity contribution in [2.75, 3.05) is 6.61 Å². The molecule has 3 nitrogen and oxygen atoms in total. The van der Waals surface area contributed by atoms with Gasteiger partial charge in [0.1, 0.15) is 0 Å². The van der Waals surface area contributed by atoms with E-state index >= 15 is 0 Å². The van der Waals surface area contributed by atoms with Crippen LogP contribution in [0.15, 0.2) is 23.1 Å². The molecule has 294 valence electrons. The predicted molar refractivity (Wildman–Crippen MR) is 221 cm³/mol. The molecular weight excluding hydrogens is 633 g/mol. The molecule has 0 aromatic heterocycles. The highest BCUT2D eigenvalue weighted by Gasteiger charge is 2.21. The first-order valence-electron chi connectivity index (χ1n) is 22.6. The van der Waals surface area contributed by atoms with Crippen molar-refractivity contribution >= 4 is 10.1 Å². The average molecular weight is 719 g/mol. The molecule has 4 heteroatoms. The number of benzene rings is 1. The second-order valence-electron chi connectivity index (χ2n) is 15.6. The lowest BCUT2D eigenvalue weighted by Crippen LogP contribution is -2.12. The topological polar surface area (TPSA) is 43.4 Å². The molecule has 0 N–H and O–H groups in total. The summed E-state index contributed by atoms with van der Waals surface area (Å²) in [6.07, 6.45) is 46.1. The molecule has 0 atom stereocenters. The van der Waals surface area contributed by atoms with Gasteiger partial charge in [0, 0.05) is 0 Å². The van der Waals surface area contributed by atoms with Crippen molar-refractivity contribution in [3.05, 3.63) is 29.3 Å². The van der Waals surface area contributed by atoms with Crippen molar-refractivity contribution in [1.29, 1.82) is 0 Å². The van der Waals surface area contributed by atoms with Crippen molar-refractivity contribution < 1.29 is 12.6 Å². The first-order valence-corrected chi connectivity index (χ1v) is 24.0. The first-order chi connectivity index (χ1) is 24.6. The van der Waals surface area contributed by atoms with Crippen LogP contribution in [0.1, 0.15) is 250 Å². The normalized spacial score (nSPS) is 11.9. The highest BCUT2D eigenvalue weighted by Crippen LogP contribution is 2.27. The lowest BCUT2D eigenvalue weighted by molar-refractivity contribution is 0.305. The zero-order chi connectivity index (χ0) is 36.2. The fourth-order valence-electron chi connectivity index (χ4n) is 7.48. The molecule has 0 unspecified atom stereocenters. The molecule has 0 saturated heterocycles. The van der Waals surface area contributed by atoms with Gasteiger partial charge >= 0.3 is 0 Å². The van der Waals surface area contributed by atoms with Crippen molar-refractivity contribution in [1.82, 2.24) is 0 Å². The van der Waals surface area contributed by atoms with E-state index in [1.54, 1.807) is 0 Å². The van der Waals surface area contributed by atoms with E-state index in [4.69, 9.17) is 4.18 Å². The molecule has 0 bridgehead atoms. The quantitative estimate of drug-likeness (QED) is 0.0503. The molecule has 1 rings (SSSR count). The van der Waals surface area contributed by atoms with Crippen LogP contribution in [-0.2, 0) is 27.1 Å². The Bertz CT molecular complexity index is 956. The predicted octanol–water partition coefficient (Wildman–Crippen LogP) is 15.8. The van der Waals surface area contributed by atoms with Crippen LogP contribution < -0.4 is 0 Å². The Hall–Kier alpha value is -0.870. The average Bonchev–Trinajstić information content (AvgIpc) is 3.11. The fourth-order valence-corrected chi connectivity index (χ4v) is 8.73. The highest BCUT2D eigenvalue weighted by molar-refractivity contribution is 7.86. The van der Waals surface area contributed by atoms with E-state index in [1.165, 1.54) is 198 Å². The Kier molecular flexibility index (Phi) is 33.2. The minimum absolute atomic E-state index is 0.306. The van der Waals surface area contributed by atoms with Crippen LogP contribution in [-0.4, -0.2) is 15.0 Å². The summed E-state index contributed by atoms with van der Waals surface area (Å²) in [6.45, 7) is 7.14. The number of unbranched alkanes of at least 4 members (excludes halogenated alkanes) is 31. The zero-order valence-electron chi connectivity index (χ0n) is 34.0. The van der Waals surface area contributed by atoms with Crippen molar-refractivity contribution in [3.63, 3.8) is 0 Å². The SMILES string of the molecule is CCCCCCCCCCCCCCCCOS(=O)(=O)c1cccc(CCCCCCCCCCCC)c1CCCCCCCCCCCC. The third kappa shape index (κ3) is 26.8. The Balaban J connectivity index is 2.49. The van der Waals surface area contributed by atoms with E-state index in [0.717, 1.165) is 44.1 Å². The minimum atomic E-state index is -3.75. The fraction of sp³-hybridized carbons (Fsp3) is 0.870. The van der Waals surface area contributed by atoms with Crippen LogP contribution in [0, 0.1) is 0 Å². The third-order valence-electron chi connectivity index (χ3n) is 10.8. The van der Waals surface area contributed by atoms with Crippen LogP contribution in [0.4, 0.5) is 0 Å². The Morgan fingerprint density at radius 1 is 0.400 bits per heavy atom. The summed E-state index contributed by atoms with van der Waals surface area (Å²) < 4.78 is 32.8. The van der Waals surface area contributed by atoms with Gasteiger partial charge in [-0.1, -0.05) is 232 Å². The lowest BCUT2D eigenvalue weighted by Gasteiger charge is -2.16. The van der Waals surface area contributed by atoms with Crippen LogP contribution in [0.25, 0.3) is 0 Å². The van der Waals surface area contributed by atoms with Crippen LogP contribution in [0.5, 0.6) is 0 Å². The van der Waals surface area contributed by atoms with Gasteiger partial charge in [-0.3, -0.25) is 4.18 Å². The zero-order valence-corrected chi connectivity index (χ0v) is 34.8. The number of rotatable bonds is 39. The monoisotopic (exact) mass is 719 g/mol. The molecule has 0 amide bonds. The maximum absolute atomic E-state index is 13.5. The first kappa shape index (κ1) is 47.2. The number of hydrogen-bond donors (Lipinski definition) is 0. The van der Waals surface area contributed by atoms with Gasteiger partial charge in [-0.15, -0.1) is 0 Å². The molecule has 1 aromatic carbocycles. The van der Waals surface area contributed by atoms with Gasteiger partial charge < -0.3 is 0 Å². The van der Waals surface area contributed by atoms with Crippen LogP contribution in [0.3, 0.4) is 0 Å². The van der Waals surface area contributed by atoms with Crippen LogP contribution in [0.2, 0.25) is 0 Å². The Morgan fingerprint density at radius 2 is 0.720 bits per heavy atom. The summed E-state index contributed by atoms with van der Waals surface area (Å²) >= 11 is 0. The van der Waals surface area contributed by atoms with Gasteiger partial charge in [0.05, 0.1) is 11.5 Å². The summed E-state index contributed by atoms with van der Waals surface area (Å²) in [6, 6.07) is 5.95. The summed E-state index contributed by atoms with van der Waals surface area (Å²) in [5, 5.41) is 0. The molecule has 50 heavy (non-hydrogen) atoms. The molecule has 0 heterocycles.